The van der Waals surface area contributed by atoms with Crippen LogP contribution in [-0.2, 0) is 0 Å². The number of methoxy groups -OCH3 is 1. The largest absolute Gasteiger partial charge is 0.497 e. The van der Waals surface area contributed by atoms with Gasteiger partial charge in [-0.3, -0.25) is 0 Å². The Balaban J connectivity index is 2.21. The van der Waals surface area contributed by atoms with E-state index in [0.29, 0.717) is 5.75 Å². The predicted molar refractivity (Wildman–Crippen MR) is 62.6 cm³/mol. The van der Waals surface area contributed by atoms with Gasteiger partial charge < -0.3 is 4.74 Å². The van der Waals surface area contributed by atoms with E-state index < -0.39 is 17.5 Å². The van der Waals surface area contributed by atoms with Crippen molar-refractivity contribution in [2.45, 2.75) is 18.5 Å². The molecule has 0 saturated heterocycles. The van der Waals surface area contributed by atoms with Gasteiger partial charge in [0.1, 0.15) is 5.75 Å². The number of alkyl halides is 4. The number of hydrogen-bond donors (Lipinski definition) is 0. The maximum absolute atomic E-state index is 12.9. The molecule has 0 radical (unpaired) electrons. The topological polar surface area (TPSA) is 9.23 Å². The summed E-state index contributed by atoms with van der Waals surface area (Å²) in [6.45, 7) is 0. The van der Waals surface area contributed by atoms with Crippen molar-refractivity contribution in [1.82, 2.24) is 0 Å². The smallest absolute Gasteiger partial charge is 0.395 e. The molecule has 2 atom stereocenters. The summed E-state index contributed by atoms with van der Waals surface area (Å²) in [4.78, 5) is 0. The van der Waals surface area contributed by atoms with Gasteiger partial charge in [-0.1, -0.05) is 28.1 Å². The van der Waals surface area contributed by atoms with E-state index in [1.54, 1.807) is 24.3 Å². The fourth-order valence-corrected chi connectivity index (χ4v) is 3.05. The highest BCUT2D eigenvalue weighted by Gasteiger charge is 2.70. The van der Waals surface area contributed by atoms with Crippen LogP contribution in [0.3, 0.4) is 0 Å². The van der Waals surface area contributed by atoms with Crippen LogP contribution < -0.4 is 4.74 Å². The Morgan fingerprint density at radius 1 is 1.35 bits per heavy atom. The number of benzene rings is 1. The van der Waals surface area contributed by atoms with Gasteiger partial charge in [0.2, 0.25) is 0 Å². The molecular formula is C12H12BrF3O. The Morgan fingerprint density at radius 3 is 2.29 bits per heavy atom. The molecule has 2 rings (SSSR count). The lowest BCUT2D eigenvalue weighted by atomic mass is 10.0. The van der Waals surface area contributed by atoms with E-state index in [1.807, 2.05) is 0 Å². The van der Waals surface area contributed by atoms with Crippen molar-refractivity contribution >= 4 is 15.9 Å². The Hall–Kier alpha value is -0.710. The highest BCUT2D eigenvalue weighted by atomic mass is 79.9. The summed E-state index contributed by atoms with van der Waals surface area (Å²) in [7, 11) is 1.53. The van der Waals surface area contributed by atoms with Crippen LogP contribution in [0, 0.1) is 5.41 Å². The standard InChI is InChI=1S/C12H12BrF3O/c1-17-9-4-2-8(3-5-9)10-6-11(10,7-13)12(14,15)16/h2-5,10H,6-7H2,1H3/t10-,11-/m0/s1. The molecule has 5 heteroatoms. The molecule has 1 saturated carbocycles. The zero-order chi connectivity index (χ0) is 12.7. The van der Waals surface area contributed by atoms with Crippen LogP contribution in [0.25, 0.3) is 0 Å². The summed E-state index contributed by atoms with van der Waals surface area (Å²) in [5.74, 6) is 0.221. The van der Waals surface area contributed by atoms with Gasteiger partial charge >= 0.3 is 6.18 Å². The zero-order valence-electron chi connectivity index (χ0n) is 9.22. The van der Waals surface area contributed by atoms with Crippen LogP contribution in [0.4, 0.5) is 13.2 Å². The Bertz CT molecular complexity index is 401. The average molecular weight is 309 g/mol. The minimum Gasteiger partial charge on any atom is -0.497 e. The lowest BCUT2D eigenvalue weighted by Gasteiger charge is -2.18. The molecular weight excluding hydrogens is 297 g/mol. The monoisotopic (exact) mass is 308 g/mol. The van der Waals surface area contributed by atoms with E-state index in [-0.39, 0.29) is 11.8 Å². The predicted octanol–water partition coefficient (Wildman–Crippen LogP) is 4.13. The first kappa shape index (κ1) is 12.7. The normalized spacial score (nSPS) is 27.9. The van der Waals surface area contributed by atoms with E-state index in [1.165, 1.54) is 7.11 Å². The van der Waals surface area contributed by atoms with E-state index in [9.17, 15) is 13.2 Å². The fraction of sp³-hybridized carbons (Fsp3) is 0.500. The van der Waals surface area contributed by atoms with Gasteiger partial charge in [0.05, 0.1) is 12.5 Å². The molecule has 0 N–H and O–H groups in total. The molecule has 0 bridgehead atoms. The first-order chi connectivity index (χ1) is 7.94. The quantitative estimate of drug-likeness (QED) is 0.763. The molecule has 1 aliphatic carbocycles. The van der Waals surface area contributed by atoms with Crippen LogP contribution in [0.1, 0.15) is 17.9 Å². The summed E-state index contributed by atoms with van der Waals surface area (Å²) >= 11 is 2.99. The third kappa shape index (κ3) is 2.05. The molecule has 1 aromatic carbocycles. The second-order valence-electron chi connectivity index (χ2n) is 4.32. The van der Waals surface area contributed by atoms with E-state index in [2.05, 4.69) is 15.9 Å². The van der Waals surface area contributed by atoms with Gasteiger partial charge in [-0.25, -0.2) is 0 Å². The van der Waals surface area contributed by atoms with Crippen molar-refractivity contribution in [2.75, 3.05) is 12.4 Å². The fourth-order valence-electron chi connectivity index (χ4n) is 2.12. The Labute approximate surface area is 106 Å². The highest BCUT2D eigenvalue weighted by molar-refractivity contribution is 9.09. The molecule has 0 unspecified atom stereocenters. The maximum atomic E-state index is 12.9. The molecule has 0 aromatic heterocycles. The molecule has 1 fully saturated rings. The first-order valence-corrected chi connectivity index (χ1v) is 6.33. The molecule has 17 heavy (non-hydrogen) atoms. The summed E-state index contributed by atoms with van der Waals surface area (Å²) in [5.41, 5.74) is -0.857. The lowest BCUT2D eigenvalue weighted by Crippen LogP contribution is -2.27. The molecule has 1 nitrogen and oxygen atoms in total. The highest BCUT2D eigenvalue weighted by Crippen LogP contribution is 2.68. The van der Waals surface area contributed by atoms with Crippen molar-refractivity contribution in [3.05, 3.63) is 29.8 Å². The van der Waals surface area contributed by atoms with Gasteiger partial charge in [0.25, 0.3) is 0 Å². The summed E-state index contributed by atoms with van der Waals surface area (Å²) in [6, 6.07) is 6.81. The maximum Gasteiger partial charge on any atom is 0.395 e. The van der Waals surface area contributed by atoms with Crippen LogP contribution in [0.5, 0.6) is 5.75 Å². The van der Waals surface area contributed by atoms with Crippen LogP contribution in [0.2, 0.25) is 0 Å². The van der Waals surface area contributed by atoms with E-state index >= 15 is 0 Å². The van der Waals surface area contributed by atoms with E-state index in [4.69, 9.17) is 4.74 Å². The lowest BCUT2D eigenvalue weighted by molar-refractivity contribution is -0.181. The van der Waals surface area contributed by atoms with Crippen molar-refractivity contribution in [3.63, 3.8) is 0 Å². The van der Waals surface area contributed by atoms with Crippen LogP contribution in [0.15, 0.2) is 24.3 Å². The summed E-state index contributed by atoms with van der Waals surface area (Å²) in [5, 5.41) is -0.0415. The molecule has 0 aliphatic heterocycles. The number of ether oxygens (including phenoxy) is 1. The summed E-state index contributed by atoms with van der Waals surface area (Å²) < 4.78 is 43.8. The Morgan fingerprint density at radius 2 is 1.94 bits per heavy atom. The molecule has 0 amide bonds. The van der Waals surface area contributed by atoms with Crippen molar-refractivity contribution in [2.24, 2.45) is 5.41 Å². The van der Waals surface area contributed by atoms with Gasteiger partial charge in [-0.15, -0.1) is 0 Å². The van der Waals surface area contributed by atoms with Gasteiger partial charge in [-0.05, 0) is 30.0 Å². The number of halogens is 4. The van der Waals surface area contributed by atoms with Crippen molar-refractivity contribution < 1.29 is 17.9 Å². The molecule has 1 aromatic rings. The van der Waals surface area contributed by atoms with Gasteiger partial charge in [0, 0.05) is 5.33 Å². The second-order valence-corrected chi connectivity index (χ2v) is 4.88. The minimum absolute atomic E-state index is 0.0415. The molecule has 94 valence electrons. The van der Waals surface area contributed by atoms with Crippen LogP contribution in [-0.4, -0.2) is 18.6 Å². The molecule has 0 heterocycles. The third-order valence-corrected chi connectivity index (χ3v) is 4.40. The number of hydrogen-bond acceptors (Lipinski definition) is 1. The SMILES string of the molecule is COc1ccc([C@@H]2C[C@@]2(CBr)C(F)(F)F)cc1. The first-order valence-electron chi connectivity index (χ1n) is 5.21. The average Bonchev–Trinajstić information content (AvgIpc) is 3.04. The summed E-state index contributed by atoms with van der Waals surface area (Å²) in [6.07, 6.45) is -3.99. The number of rotatable bonds is 3. The van der Waals surface area contributed by atoms with Gasteiger partial charge in [-0.2, -0.15) is 13.2 Å². The van der Waals surface area contributed by atoms with Gasteiger partial charge in [0.15, 0.2) is 0 Å². The van der Waals surface area contributed by atoms with Crippen molar-refractivity contribution in [3.8, 4) is 5.75 Å². The Kier molecular flexibility index (Phi) is 3.14. The third-order valence-electron chi connectivity index (χ3n) is 3.40. The molecule has 1 aliphatic rings. The molecule has 0 spiro atoms. The van der Waals surface area contributed by atoms with Crippen molar-refractivity contribution in [1.29, 1.82) is 0 Å². The minimum atomic E-state index is -4.15. The zero-order valence-corrected chi connectivity index (χ0v) is 10.8. The van der Waals surface area contributed by atoms with Crippen LogP contribution >= 0.6 is 15.9 Å². The van der Waals surface area contributed by atoms with E-state index in [0.717, 1.165) is 5.56 Å². The second kappa shape index (κ2) is 4.19.